The van der Waals surface area contributed by atoms with Crippen molar-refractivity contribution in [3.8, 4) is 5.75 Å². The third kappa shape index (κ3) is 2.26. The predicted molar refractivity (Wildman–Crippen MR) is 77.8 cm³/mol. The summed E-state index contributed by atoms with van der Waals surface area (Å²) >= 11 is 7.71. The van der Waals surface area contributed by atoms with Crippen LogP contribution in [0.1, 0.15) is 27.6 Å². The number of hydrogen-bond donors (Lipinski definition) is 1. The van der Waals surface area contributed by atoms with E-state index in [1.807, 2.05) is 24.4 Å². The van der Waals surface area contributed by atoms with Gasteiger partial charge in [0.1, 0.15) is 5.75 Å². The van der Waals surface area contributed by atoms with Gasteiger partial charge < -0.3 is 10.5 Å². The summed E-state index contributed by atoms with van der Waals surface area (Å²) in [6, 6.07) is 5.71. The first-order chi connectivity index (χ1) is 8.56. The van der Waals surface area contributed by atoms with Crippen molar-refractivity contribution in [1.29, 1.82) is 0 Å². The van der Waals surface area contributed by atoms with Crippen LogP contribution in [0.3, 0.4) is 0 Å². The largest absolute Gasteiger partial charge is 0.496 e. The van der Waals surface area contributed by atoms with Gasteiger partial charge in [0.15, 0.2) is 0 Å². The molecule has 2 nitrogen and oxygen atoms in total. The van der Waals surface area contributed by atoms with E-state index in [1.54, 1.807) is 18.4 Å². The number of halogens is 1. The van der Waals surface area contributed by atoms with E-state index in [4.69, 9.17) is 22.1 Å². The van der Waals surface area contributed by atoms with Gasteiger partial charge in [-0.2, -0.15) is 0 Å². The Hall–Kier alpha value is -1.03. The topological polar surface area (TPSA) is 35.2 Å². The molecule has 0 radical (unpaired) electrons. The van der Waals surface area contributed by atoms with Crippen molar-refractivity contribution in [2.45, 2.75) is 19.9 Å². The fourth-order valence-corrected chi connectivity index (χ4v) is 3.19. The fourth-order valence-electron chi connectivity index (χ4n) is 2.00. The maximum atomic E-state index is 6.30. The molecular weight excluding hydrogens is 266 g/mol. The van der Waals surface area contributed by atoms with E-state index in [9.17, 15) is 0 Å². The minimum Gasteiger partial charge on any atom is -0.496 e. The Morgan fingerprint density at radius 3 is 2.56 bits per heavy atom. The lowest BCUT2D eigenvalue weighted by molar-refractivity contribution is 0.404. The Morgan fingerprint density at radius 1 is 1.28 bits per heavy atom. The number of ether oxygens (including phenoxy) is 1. The monoisotopic (exact) mass is 281 g/mol. The maximum absolute atomic E-state index is 6.30. The molecule has 2 N–H and O–H groups in total. The molecule has 2 rings (SSSR count). The number of aryl methyl sites for hydroxylation is 1. The summed E-state index contributed by atoms with van der Waals surface area (Å²) < 4.78 is 5.50. The lowest BCUT2D eigenvalue weighted by Crippen LogP contribution is -2.13. The van der Waals surface area contributed by atoms with Crippen LogP contribution in [0.2, 0.25) is 5.02 Å². The van der Waals surface area contributed by atoms with Crippen LogP contribution in [0.25, 0.3) is 0 Å². The third-order valence-electron chi connectivity index (χ3n) is 3.17. The molecule has 1 atom stereocenters. The van der Waals surface area contributed by atoms with Crippen LogP contribution in [-0.2, 0) is 0 Å². The highest BCUT2D eigenvalue weighted by Crippen LogP contribution is 2.37. The minimum atomic E-state index is -0.244. The minimum absolute atomic E-state index is 0.244. The van der Waals surface area contributed by atoms with Crippen LogP contribution < -0.4 is 10.5 Å². The summed E-state index contributed by atoms with van der Waals surface area (Å²) in [5.74, 6) is 0.854. The molecule has 0 aliphatic carbocycles. The van der Waals surface area contributed by atoms with E-state index < -0.39 is 0 Å². The molecule has 0 fully saturated rings. The molecule has 0 saturated carbocycles. The standard InChI is InChI=1S/C14H16ClNOS/c1-8-4-5-10(13(17-3)9(8)2)12(16)14-11(15)6-7-18-14/h4-7,12H,16H2,1-3H3. The highest BCUT2D eigenvalue weighted by molar-refractivity contribution is 7.10. The fraction of sp³-hybridized carbons (Fsp3) is 0.286. The second-order valence-corrected chi connectivity index (χ2v) is 5.60. The van der Waals surface area contributed by atoms with Gasteiger partial charge in [-0.1, -0.05) is 23.7 Å². The molecule has 0 amide bonds. The van der Waals surface area contributed by atoms with Gasteiger partial charge in [-0.3, -0.25) is 0 Å². The summed E-state index contributed by atoms with van der Waals surface area (Å²) in [5.41, 5.74) is 9.60. The molecule has 4 heteroatoms. The Morgan fingerprint density at radius 2 is 2.00 bits per heavy atom. The Kier molecular flexibility index (Phi) is 3.95. The second kappa shape index (κ2) is 5.31. The van der Waals surface area contributed by atoms with Crippen molar-refractivity contribution in [3.05, 3.63) is 50.2 Å². The Balaban J connectivity index is 2.52. The van der Waals surface area contributed by atoms with Gasteiger partial charge in [-0.25, -0.2) is 0 Å². The zero-order valence-corrected chi connectivity index (χ0v) is 12.2. The lowest BCUT2D eigenvalue weighted by atomic mass is 9.98. The summed E-state index contributed by atoms with van der Waals surface area (Å²) in [4.78, 5) is 0.971. The Bertz CT molecular complexity index is 565. The normalized spacial score (nSPS) is 12.5. The van der Waals surface area contributed by atoms with E-state index in [1.165, 1.54) is 5.56 Å². The molecule has 96 valence electrons. The zero-order chi connectivity index (χ0) is 13.3. The number of hydrogen-bond acceptors (Lipinski definition) is 3. The van der Waals surface area contributed by atoms with Crippen LogP contribution in [0.4, 0.5) is 0 Å². The molecule has 0 bridgehead atoms. The molecule has 1 unspecified atom stereocenters. The first kappa shape index (κ1) is 13.4. The van der Waals surface area contributed by atoms with Crippen molar-refractivity contribution in [2.75, 3.05) is 7.11 Å². The average molecular weight is 282 g/mol. The van der Waals surface area contributed by atoms with Crippen molar-refractivity contribution in [1.82, 2.24) is 0 Å². The predicted octanol–water partition coefficient (Wildman–Crippen LogP) is 4.08. The smallest absolute Gasteiger partial charge is 0.127 e. The van der Waals surface area contributed by atoms with Gasteiger partial charge in [-0.15, -0.1) is 11.3 Å². The summed E-state index contributed by atoms with van der Waals surface area (Å²) in [6.45, 7) is 4.10. The SMILES string of the molecule is COc1c(C(N)c2sccc2Cl)ccc(C)c1C. The summed E-state index contributed by atoms with van der Waals surface area (Å²) in [7, 11) is 1.67. The van der Waals surface area contributed by atoms with E-state index in [0.29, 0.717) is 5.02 Å². The molecule has 1 heterocycles. The van der Waals surface area contributed by atoms with Crippen molar-refractivity contribution < 1.29 is 4.74 Å². The molecule has 0 aliphatic rings. The number of methoxy groups -OCH3 is 1. The molecule has 0 saturated heterocycles. The molecular formula is C14H16ClNOS. The average Bonchev–Trinajstić information content (AvgIpc) is 2.78. The number of benzene rings is 1. The van der Waals surface area contributed by atoms with Gasteiger partial charge in [0.05, 0.1) is 18.2 Å². The van der Waals surface area contributed by atoms with E-state index in [-0.39, 0.29) is 6.04 Å². The highest BCUT2D eigenvalue weighted by Gasteiger charge is 2.19. The quantitative estimate of drug-likeness (QED) is 0.920. The van der Waals surface area contributed by atoms with Gasteiger partial charge in [0.25, 0.3) is 0 Å². The molecule has 1 aromatic heterocycles. The first-order valence-corrected chi connectivity index (χ1v) is 6.94. The van der Waals surface area contributed by atoms with Gasteiger partial charge in [-0.05, 0) is 36.4 Å². The van der Waals surface area contributed by atoms with Crippen molar-refractivity contribution >= 4 is 22.9 Å². The van der Waals surface area contributed by atoms with Gasteiger partial charge in [0.2, 0.25) is 0 Å². The van der Waals surface area contributed by atoms with Crippen LogP contribution in [0.15, 0.2) is 23.6 Å². The van der Waals surface area contributed by atoms with Gasteiger partial charge in [0, 0.05) is 10.4 Å². The van der Waals surface area contributed by atoms with Gasteiger partial charge >= 0.3 is 0 Å². The molecule has 2 aromatic rings. The molecule has 0 spiro atoms. The van der Waals surface area contributed by atoms with Crippen molar-refractivity contribution in [3.63, 3.8) is 0 Å². The van der Waals surface area contributed by atoms with Crippen LogP contribution in [0.5, 0.6) is 5.75 Å². The molecule has 0 aliphatic heterocycles. The summed E-state index contributed by atoms with van der Waals surface area (Å²) in [6.07, 6.45) is 0. The van der Waals surface area contributed by atoms with Crippen molar-refractivity contribution in [2.24, 2.45) is 5.73 Å². The van der Waals surface area contributed by atoms with Crippen LogP contribution in [0, 0.1) is 13.8 Å². The zero-order valence-electron chi connectivity index (χ0n) is 10.7. The van der Waals surface area contributed by atoms with E-state index in [2.05, 4.69) is 13.0 Å². The second-order valence-electron chi connectivity index (χ2n) is 4.24. The van der Waals surface area contributed by atoms with E-state index >= 15 is 0 Å². The van der Waals surface area contributed by atoms with Crippen LogP contribution in [-0.4, -0.2) is 7.11 Å². The summed E-state index contributed by atoms with van der Waals surface area (Å²) in [5, 5.41) is 2.66. The third-order valence-corrected chi connectivity index (χ3v) is 4.62. The highest BCUT2D eigenvalue weighted by atomic mass is 35.5. The number of nitrogens with two attached hydrogens (primary N) is 1. The number of thiophene rings is 1. The van der Waals surface area contributed by atoms with E-state index in [0.717, 1.165) is 21.8 Å². The lowest BCUT2D eigenvalue weighted by Gasteiger charge is -2.18. The first-order valence-electron chi connectivity index (χ1n) is 5.68. The molecule has 1 aromatic carbocycles. The van der Waals surface area contributed by atoms with Crippen LogP contribution >= 0.6 is 22.9 Å². The maximum Gasteiger partial charge on any atom is 0.127 e. The number of rotatable bonds is 3. The Labute approximate surface area is 116 Å². The molecule has 18 heavy (non-hydrogen) atoms.